The molecular formula is C25H30N6O3. The molecule has 5 rings (SSSR count). The fourth-order valence-corrected chi connectivity index (χ4v) is 5.68. The highest BCUT2D eigenvalue weighted by molar-refractivity contribution is 5.94. The molecule has 2 bridgehead atoms. The van der Waals surface area contributed by atoms with Gasteiger partial charge in [-0.1, -0.05) is 6.07 Å². The van der Waals surface area contributed by atoms with E-state index < -0.39 is 0 Å². The van der Waals surface area contributed by atoms with Crippen molar-refractivity contribution in [1.29, 1.82) is 5.41 Å². The van der Waals surface area contributed by atoms with E-state index in [2.05, 4.69) is 28.2 Å². The number of hydrazine groups is 1. The summed E-state index contributed by atoms with van der Waals surface area (Å²) in [4.78, 5) is 31.3. The van der Waals surface area contributed by atoms with Crippen LogP contribution in [0.25, 0.3) is 0 Å². The zero-order valence-corrected chi connectivity index (χ0v) is 19.3. The maximum Gasteiger partial charge on any atom is 0.338 e. The number of nitrogens with one attached hydrogen (secondary N) is 2. The summed E-state index contributed by atoms with van der Waals surface area (Å²) in [6.07, 6.45) is 7.63. The molecule has 2 atom stereocenters. The number of ether oxygens (including phenoxy) is 1. The minimum atomic E-state index is -0.217. The van der Waals surface area contributed by atoms with Gasteiger partial charge in [-0.2, -0.15) is 0 Å². The number of carbonyl (C=O) groups excluding carboxylic acids is 2. The van der Waals surface area contributed by atoms with Crippen molar-refractivity contribution in [3.8, 4) is 0 Å². The third kappa shape index (κ3) is 4.17. The number of hydrogen-bond donors (Lipinski definition) is 3. The van der Waals surface area contributed by atoms with E-state index in [1.165, 1.54) is 17.3 Å². The first-order valence-electron chi connectivity index (χ1n) is 11.8. The van der Waals surface area contributed by atoms with Crippen molar-refractivity contribution in [3.05, 3.63) is 58.4 Å². The second-order valence-electron chi connectivity index (χ2n) is 9.40. The van der Waals surface area contributed by atoms with Gasteiger partial charge < -0.3 is 10.1 Å². The number of hydrogen-bond acceptors (Lipinski definition) is 7. The van der Waals surface area contributed by atoms with Crippen molar-refractivity contribution in [3.63, 3.8) is 0 Å². The summed E-state index contributed by atoms with van der Waals surface area (Å²) in [5.74, 6) is 5.26. The number of rotatable bonds is 7. The number of nitrogens with two attached hydrogens (primary N) is 1. The third-order valence-electron chi connectivity index (χ3n) is 7.55. The molecule has 2 fully saturated rings. The zero-order valence-electron chi connectivity index (χ0n) is 19.3. The zero-order chi connectivity index (χ0) is 23.8. The molecule has 0 saturated carbocycles. The molecule has 9 heteroatoms. The van der Waals surface area contributed by atoms with Gasteiger partial charge in [-0.25, -0.2) is 15.6 Å². The van der Waals surface area contributed by atoms with Crippen molar-refractivity contribution in [2.75, 3.05) is 11.6 Å². The Bertz CT molecular complexity index is 1100. The Morgan fingerprint density at radius 2 is 2.06 bits per heavy atom. The molecule has 1 aromatic carbocycles. The largest absolute Gasteiger partial charge is 0.457 e. The van der Waals surface area contributed by atoms with Crippen LogP contribution in [0.2, 0.25) is 0 Å². The molecule has 2 aromatic rings. The number of nitrogens with zero attached hydrogens (tertiary/aromatic N) is 3. The quantitative estimate of drug-likeness (QED) is 0.190. The Morgan fingerprint density at radius 1 is 1.29 bits per heavy atom. The van der Waals surface area contributed by atoms with E-state index in [0.717, 1.165) is 55.6 Å². The highest BCUT2D eigenvalue weighted by atomic mass is 16.5. The van der Waals surface area contributed by atoms with Gasteiger partial charge in [0.05, 0.1) is 17.4 Å². The smallest absolute Gasteiger partial charge is 0.338 e. The van der Waals surface area contributed by atoms with Crippen LogP contribution in [0.5, 0.6) is 0 Å². The third-order valence-corrected chi connectivity index (χ3v) is 7.55. The molecule has 9 nitrogen and oxygen atoms in total. The van der Waals surface area contributed by atoms with Crippen molar-refractivity contribution < 1.29 is 14.3 Å². The van der Waals surface area contributed by atoms with Crippen LogP contribution in [0.4, 0.5) is 5.69 Å². The second kappa shape index (κ2) is 9.15. The van der Waals surface area contributed by atoms with Gasteiger partial charge in [-0.05, 0) is 68.4 Å². The van der Waals surface area contributed by atoms with Crippen LogP contribution in [0.15, 0.2) is 30.5 Å². The van der Waals surface area contributed by atoms with Crippen LogP contribution in [0, 0.1) is 12.3 Å². The van der Waals surface area contributed by atoms with E-state index >= 15 is 0 Å². The number of anilines is 1. The molecule has 3 aliphatic rings. The number of amides is 1. The van der Waals surface area contributed by atoms with Crippen LogP contribution in [0.1, 0.15) is 63.2 Å². The molecule has 4 N–H and O–H groups in total. The number of carbonyl (C=O) groups is 2. The van der Waals surface area contributed by atoms with E-state index in [1.807, 2.05) is 6.07 Å². The van der Waals surface area contributed by atoms with Crippen molar-refractivity contribution in [2.45, 2.75) is 63.8 Å². The minimum absolute atomic E-state index is 0.139. The molecule has 178 valence electrons. The lowest BCUT2D eigenvalue weighted by atomic mass is 9.94. The van der Waals surface area contributed by atoms with E-state index in [1.54, 1.807) is 12.1 Å². The summed E-state index contributed by atoms with van der Waals surface area (Å²) in [5, 5.41) is 11.5. The number of aromatic nitrogens is 1. The van der Waals surface area contributed by atoms with Gasteiger partial charge in [-0.15, -0.1) is 0 Å². The Kier molecular flexibility index (Phi) is 6.05. The van der Waals surface area contributed by atoms with Crippen LogP contribution in [-0.2, 0) is 17.8 Å². The van der Waals surface area contributed by atoms with Gasteiger partial charge in [-0.3, -0.25) is 20.1 Å². The Morgan fingerprint density at radius 3 is 2.74 bits per heavy atom. The number of pyridine rings is 1. The summed E-state index contributed by atoms with van der Waals surface area (Å²) in [6.45, 7) is 3.45. The number of esters is 1. The van der Waals surface area contributed by atoms with Crippen LogP contribution < -0.4 is 16.2 Å². The summed E-state index contributed by atoms with van der Waals surface area (Å²) >= 11 is 0. The normalized spacial score (nSPS) is 23.4. The van der Waals surface area contributed by atoms with Crippen molar-refractivity contribution in [2.24, 2.45) is 5.84 Å². The standard InChI is InChI=1S/C25H30N6O3/c1-15-16(2-6-21-22(15)13-34-25(21)33)8-9-30-18-3-4-19(30)11-17(10-18)29-24(32)23-7-5-20(12-28-23)31(27)14-26/h2,5-7,12,14,17-19,26H,3-4,8-11,13,27H2,1H3,(H,29,32). The molecule has 1 amide bonds. The molecule has 3 aliphatic heterocycles. The van der Waals surface area contributed by atoms with Gasteiger partial charge in [0, 0.05) is 30.2 Å². The molecule has 4 heterocycles. The summed E-state index contributed by atoms with van der Waals surface area (Å²) < 4.78 is 5.19. The number of piperidine rings is 1. The molecule has 2 unspecified atom stereocenters. The Labute approximate surface area is 198 Å². The number of benzene rings is 1. The van der Waals surface area contributed by atoms with E-state index in [4.69, 9.17) is 16.0 Å². The first-order valence-corrected chi connectivity index (χ1v) is 11.8. The predicted molar refractivity (Wildman–Crippen MR) is 128 cm³/mol. The fourth-order valence-electron chi connectivity index (χ4n) is 5.68. The fraction of sp³-hybridized carbons (Fsp3) is 0.440. The van der Waals surface area contributed by atoms with Crippen LogP contribution in [0.3, 0.4) is 0 Å². The van der Waals surface area contributed by atoms with Crippen LogP contribution >= 0.6 is 0 Å². The summed E-state index contributed by atoms with van der Waals surface area (Å²) in [5.41, 5.74) is 5.10. The molecule has 2 saturated heterocycles. The van der Waals surface area contributed by atoms with Gasteiger partial charge in [0.25, 0.3) is 5.91 Å². The van der Waals surface area contributed by atoms with Gasteiger partial charge >= 0.3 is 5.97 Å². The van der Waals surface area contributed by atoms with Crippen molar-refractivity contribution in [1.82, 2.24) is 15.2 Å². The second-order valence-corrected chi connectivity index (χ2v) is 9.40. The average Bonchev–Trinajstić information content (AvgIpc) is 3.34. The van der Waals surface area contributed by atoms with E-state index in [0.29, 0.717) is 35.6 Å². The maximum atomic E-state index is 12.7. The highest BCUT2D eigenvalue weighted by Gasteiger charge is 2.41. The van der Waals surface area contributed by atoms with E-state index in [-0.39, 0.29) is 17.9 Å². The number of fused-ring (bicyclic) bond motifs is 3. The molecular weight excluding hydrogens is 432 g/mol. The molecule has 1 aromatic heterocycles. The SMILES string of the molecule is Cc1c(CCN2C3CCC2CC(NC(=O)c2ccc(N(N)C=N)cn2)C3)ccc2c1COC2=O. The minimum Gasteiger partial charge on any atom is -0.457 e. The summed E-state index contributed by atoms with van der Waals surface area (Å²) in [7, 11) is 0. The predicted octanol–water partition coefficient (Wildman–Crippen LogP) is 2.32. The molecule has 0 aliphatic carbocycles. The lowest BCUT2D eigenvalue weighted by molar-refractivity contribution is 0.0534. The van der Waals surface area contributed by atoms with Gasteiger partial charge in [0.2, 0.25) is 0 Å². The maximum absolute atomic E-state index is 12.7. The van der Waals surface area contributed by atoms with E-state index in [9.17, 15) is 9.59 Å². The lowest BCUT2D eigenvalue weighted by Gasteiger charge is -2.39. The lowest BCUT2D eigenvalue weighted by Crippen LogP contribution is -2.51. The monoisotopic (exact) mass is 462 g/mol. The first kappa shape index (κ1) is 22.5. The van der Waals surface area contributed by atoms with Gasteiger partial charge in [0.15, 0.2) is 0 Å². The van der Waals surface area contributed by atoms with Gasteiger partial charge in [0.1, 0.15) is 18.6 Å². The molecule has 34 heavy (non-hydrogen) atoms. The molecule has 0 radical (unpaired) electrons. The topological polar surface area (TPSA) is 125 Å². The van der Waals surface area contributed by atoms with Crippen LogP contribution in [-0.4, -0.2) is 52.8 Å². The average molecular weight is 463 g/mol. The number of cyclic esters (lactones) is 1. The van der Waals surface area contributed by atoms with Crippen molar-refractivity contribution >= 4 is 23.9 Å². The molecule has 0 spiro atoms. The highest BCUT2D eigenvalue weighted by Crippen LogP contribution is 2.36. The Hall–Kier alpha value is -3.30. The Balaban J connectivity index is 1.17. The summed E-state index contributed by atoms with van der Waals surface area (Å²) in [6, 6.07) is 8.37. The first-order chi connectivity index (χ1) is 16.4.